The minimum absolute atomic E-state index is 0.0301. The van der Waals surface area contributed by atoms with Gasteiger partial charge in [-0.15, -0.1) is 0 Å². The van der Waals surface area contributed by atoms with Crippen molar-refractivity contribution in [3.8, 4) is 11.5 Å². The largest absolute Gasteiger partial charge is 0.497 e. The lowest BCUT2D eigenvalue weighted by atomic mass is 9.79. The number of anilines is 1. The number of nitrogens with zero attached hydrogens (tertiary/aromatic N) is 2. The summed E-state index contributed by atoms with van der Waals surface area (Å²) in [4.78, 5) is 16.5. The molecule has 0 bridgehead atoms. The first-order valence-corrected chi connectivity index (χ1v) is 15.3. The Morgan fingerprint density at radius 3 is 1.98 bits per heavy atom. The van der Waals surface area contributed by atoms with Crippen LogP contribution < -0.4 is 20.9 Å². The predicted octanol–water partition coefficient (Wildman–Crippen LogP) is 3.39. The molecule has 2 heterocycles. The summed E-state index contributed by atoms with van der Waals surface area (Å²) >= 11 is 0. The fourth-order valence-corrected chi connectivity index (χ4v) is 6.02. The van der Waals surface area contributed by atoms with Crippen LogP contribution in [-0.2, 0) is 15.1 Å². The molecule has 1 unspecified atom stereocenters. The van der Waals surface area contributed by atoms with E-state index < -0.39 is 41.9 Å². The van der Waals surface area contributed by atoms with Gasteiger partial charge in [-0.2, -0.15) is 4.98 Å². The van der Waals surface area contributed by atoms with Crippen molar-refractivity contribution in [1.29, 1.82) is 0 Å². The molecule has 0 radical (unpaired) electrons. The maximum absolute atomic E-state index is 12.7. The lowest BCUT2D eigenvalue weighted by molar-refractivity contribution is -0.147. The number of hydrogen-bond acceptors (Lipinski definition) is 10. The van der Waals surface area contributed by atoms with Crippen molar-refractivity contribution in [2.45, 2.75) is 61.9 Å². The highest BCUT2D eigenvalue weighted by molar-refractivity contribution is 5.50. The van der Waals surface area contributed by atoms with Crippen molar-refractivity contribution in [3.63, 3.8) is 0 Å². The van der Waals surface area contributed by atoms with Crippen LogP contribution in [0, 0.1) is 0 Å². The van der Waals surface area contributed by atoms with E-state index in [9.17, 15) is 20.1 Å². The van der Waals surface area contributed by atoms with Crippen LogP contribution in [0.1, 0.15) is 48.6 Å². The van der Waals surface area contributed by atoms with Crippen molar-refractivity contribution in [2.75, 3.05) is 26.6 Å². The first kappa shape index (κ1) is 33.1. The van der Waals surface area contributed by atoms with Crippen molar-refractivity contribution in [1.82, 2.24) is 9.55 Å². The summed E-state index contributed by atoms with van der Waals surface area (Å²) in [5, 5.41) is 32.1. The summed E-state index contributed by atoms with van der Waals surface area (Å²) in [6, 6.07) is 26.3. The highest BCUT2D eigenvalue weighted by atomic mass is 16.6. The van der Waals surface area contributed by atoms with Gasteiger partial charge >= 0.3 is 5.69 Å². The van der Waals surface area contributed by atoms with Crippen LogP contribution in [0.15, 0.2) is 95.9 Å². The molecule has 0 saturated carbocycles. The van der Waals surface area contributed by atoms with Crippen molar-refractivity contribution in [2.24, 2.45) is 0 Å². The Kier molecular flexibility index (Phi) is 10.7. The number of nitrogen functional groups attached to an aromatic ring is 1. The Hall–Kier alpha value is -4.26. The normalized spacial score (nSPS) is 20.4. The van der Waals surface area contributed by atoms with Crippen molar-refractivity contribution in [3.05, 3.63) is 118 Å². The number of ether oxygens (including phenoxy) is 4. The molecule has 5 atom stereocenters. The highest BCUT2D eigenvalue weighted by Crippen LogP contribution is 2.45. The molecule has 11 nitrogen and oxygen atoms in total. The molecule has 5 rings (SSSR count). The zero-order valence-electron chi connectivity index (χ0n) is 25.9. The molecule has 0 aliphatic carbocycles. The Morgan fingerprint density at radius 2 is 1.43 bits per heavy atom. The van der Waals surface area contributed by atoms with Crippen LogP contribution in [0.2, 0.25) is 0 Å². The van der Waals surface area contributed by atoms with E-state index in [0.29, 0.717) is 37.2 Å². The van der Waals surface area contributed by atoms with E-state index in [1.54, 1.807) is 14.2 Å². The highest BCUT2D eigenvalue weighted by Gasteiger charge is 2.50. The number of rotatable bonds is 14. The van der Waals surface area contributed by atoms with Gasteiger partial charge in [-0.05, 0) is 59.9 Å². The van der Waals surface area contributed by atoms with Gasteiger partial charge in [0, 0.05) is 12.8 Å². The standard InChI is InChI=1S/C35H41N3O8/c1-43-26-16-12-24(13-17-26)35(23-9-5-3-6-10-23,25-14-18-27(44-2)19-15-25)46-28(11-7-4-8-22-39)32-30(40)31(41)33(45-32)38-21-20-29(36)37-34(38)42/h3,5-6,9-10,12-21,28,30-33,39-41H,4,7-8,11,22H2,1-2H3,(H2,36,37,42)/t28?,30-,31+,32+,33+/m0/s1. The van der Waals surface area contributed by atoms with E-state index in [-0.39, 0.29) is 12.4 Å². The van der Waals surface area contributed by atoms with Gasteiger partial charge in [-0.1, -0.05) is 67.4 Å². The first-order chi connectivity index (χ1) is 22.3. The van der Waals surface area contributed by atoms with Crippen LogP contribution in [-0.4, -0.2) is 70.1 Å². The molecule has 1 saturated heterocycles. The molecule has 46 heavy (non-hydrogen) atoms. The van der Waals surface area contributed by atoms with E-state index in [2.05, 4.69) is 4.98 Å². The van der Waals surface area contributed by atoms with Gasteiger partial charge in [0.05, 0.1) is 20.3 Å². The summed E-state index contributed by atoms with van der Waals surface area (Å²) in [5.41, 5.74) is 6.13. The lowest BCUT2D eigenvalue weighted by Crippen LogP contribution is -2.46. The fraction of sp³-hybridized carbons (Fsp3) is 0.371. The summed E-state index contributed by atoms with van der Waals surface area (Å²) in [7, 11) is 3.20. The van der Waals surface area contributed by atoms with Crippen LogP contribution in [0.3, 0.4) is 0 Å². The quantitative estimate of drug-likeness (QED) is 0.120. The minimum Gasteiger partial charge on any atom is -0.497 e. The third-order valence-corrected chi connectivity index (χ3v) is 8.42. The van der Waals surface area contributed by atoms with Gasteiger partial charge in [0.1, 0.15) is 41.2 Å². The number of hydrogen-bond donors (Lipinski definition) is 4. The first-order valence-electron chi connectivity index (χ1n) is 15.3. The molecule has 11 heteroatoms. The van der Waals surface area contributed by atoms with Crippen molar-refractivity contribution < 1.29 is 34.3 Å². The van der Waals surface area contributed by atoms with Crippen LogP contribution in [0.25, 0.3) is 0 Å². The number of nitrogens with two attached hydrogens (primary N) is 1. The van der Waals surface area contributed by atoms with Gasteiger partial charge in [-0.3, -0.25) is 4.57 Å². The molecule has 1 aliphatic heterocycles. The van der Waals surface area contributed by atoms with E-state index in [4.69, 9.17) is 24.7 Å². The molecule has 4 aromatic rings. The van der Waals surface area contributed by atoms with E-state index >= 15 is 0 Å². The molecule has 0 spiro atoms. The van der Waals surface area contributed by atoms with E-state index in [1.165, 1.54) is 12.3 Å². The fourth-order valence-electron chi connectivity index (χ4n) is 6.02. The number of aliphatic hydroxyl groups is 3. The smallest absolute Gasteiger partial charge is 0.351 e. The zero-order chi connectivity index (χ0) is 32.7. The number of aliphatic hydroxyl groups excluding tert-OH is 3. The SMILES string of the molecule is COc1ccc(C(OC(CCCCCO)[C@H]2O[C@@H](n3ccc(N)nc3=O)[C@H](O)[C@@H]2O)(c2ccccc2)c2ccc(OC)cc2)cc1. The summed E-state index contributed by atoms with van der Waals surface area (Å²) in [6.45, 7) is 0.0492. The molecule has 1 fully saturated rings. The summed E-state index contributed by atoms with van der Waals surface area (Å²) in [6.07, 6.45) is -2.19. The number of benzene rings is 3. The van der Waals surface area contributed by atoms with E-state index in [0.717, 1.165) is 21.3 Å². The third kappa shape index (κ3) is 6.79. The zero-order valence-corrected chi connectivity index (χ0v) is 25.9. The average Bonchev–Trinajstić information content (AvgIpc) is 3.38. The molecule has 5 N–H and O–H groups in total. The lowest BCUT2D eigenvalue weighted by Gasteiger charge is -2.41. The second-order valence-electron chi connectivity index (χ2n) is 11.2. The summed E-state index contributed by atoms with van der Waals surface area (Å²) in [5.74, 6) is 1.37. The Balaban J connectivity index is 1.65. The number of methoxy groups -OCH3 is 2. The Bertz CT molecular complexity index is 1550. The number of aromatic nitrogens is 2. The van der Waals surface area contributed by atoms with Crippen LogP contribution in [0.4, 0.5) is 5.82 Å². The minimum atomic E-state index is -1.45. The van der Waals surface area contributed by atoms with E-state index in [1.807, 2.05) is 78.9 Å². The summed E-state index contributed by atoms with van der Waals surface area (Å²) < 4.78 is 25.6. The monoisotopic (exact) mass is 631 g/mol. The number of unbranched alkanes of at least 4 members (excludes halogenated alkanes) is 2. The Morgan fingerprint density at radius 1 is 0.848 bits per heavy atom. The van der Waals surface area contributed by atoms with Gasteiger partial charge in [0.25, 0.3) is 0 Å². The van der Waals surface area contributed by atoms with Gasteiger partial charge < -0.3 is 40.0 Å². The third-order valence-electron chi connectivity index (χ3n) is 8.42. The topological polar surface area (TPSA) is 159 Å². The van der Waals surface area contributed by atoms with Crippen molar-refractivity contribution >= 4 is 5.82 Å². The molecule has 1 aliphatic rings. The second-order valence-corrected chi connectivity index (χ2v) is 11.2. The molecule has 1 aromatic heterocycles. The molecule has 0 amide bonds. The maximum Gasteiger partial charge on any atom is 0.351 e. The molecule has 3 aromatic carbocycles. The Labute approximate surface area is 267 Å². The second kappa shape index (κ2) is 14.9. The molecular formula is C35H41N3O8. The molecular weight excluding hydrogens is 590 g/mol. The van der Waals surface area contributed by atoms with Gasteiger partial charge in [0.2, 0.25) is 0 Å². The van der Waals surface area contributed by atoms with Gasteiger partial charge in [0.15, 0.2) is 6.23 Å². The molecule has 244 valence electrons. The average molecular weight is 632 g/mol. The van der Waals surface area contributed by atoms with Gasteiger partial charge in [-0.25, -0.2) is 4.79 Å². The van der Waals surface area contributed by atoms with Crippen LogP contribution >= 0.6 is 0 Å². The predicted molar refractivity (Wildman–Crippen MR) is 172 cm³/mol. The van der Waals surface area contributed by atoms with Crippen LogP contribution in [0.5, 0.6) is 11.5 Å². The maximum atomic E-state index is 12.7.